The third kappa shape index (κ3) is 2.44. The van der Waals surface area contributed by atoms with Crippen LogP contribution in [0.4, 0.5) is 0 Å². The molecule has 0 bridgehead atoms. The molecule has 96 valence electrons. The van der Waals surface area contributed by atoms with E-state index >= 15 is 0 Å². The quantitative estimate of drug-likeness (QED) is 0.823. The summed E-state index contributed by atoms with van der Waals surface area (Å²) in [5.74, 6) is 0.144. The van der Waals surface area contributed by atoms with Gasteiger partial charge in [0.2, 0.25) is 5.78 Å². The average Bonchev–Trinajstić information content (AvgIpc) is 2.80. The van der Waals surface area contributed by atoms with E-state index in [0.717, 1.165) is 16.5 Å². The van der Waals surface area contributed by atoms with Crippen LogP contribution in [0.1, 0.15) is 22.5 Å². The Kier molecular flexibility index (Phi) is 3.79. The number of fused-ring (bicyclic) bond motifs is 1. The van der Waals surface area contributed by atoms with Crippen LogP contribution in [0.2, 0.25) is 0 Å². The molecule has 0 aliphatic carbocycles. The molecule has 0 saturated carbocycles. The highest BCUT2D eigenvalue weighted by molar-refractivity contribution is 6.01. The van der Waals surface area contributed by atoms with Crippen molar-refractivity contribution in [2.24, 2.45) is 5.73 Å². The summed E-state index contributed by atoms with van der Waals surface area (Å²) in [7, 11) is 1.59. The third-order valence-electron chi connectivity index (χ3n) is 2.95. The fourth-order valence-electron chi connectivity index (χ4n) is 1.89. The molecule has 4 heteroatoms. The minimum Gasteiger partial charge on any atom is -0.453 e. The molecule has 0 radical (unpaired) electrons. The second-order valence-corrected chi connectivity index (χ2v) is 4.36. The first-order valence-corrected chi connectivity index (χ1v) is 5.91. The molecule has 0 saturated heterocycles. The first-order chi connectivity index (χ1) is 8.63. The van der Waals surface area contributed by atoms with E-state index in [1.54, 1.807) is 13.2 Å². The molecule has 0 aliphatic heterocycles. The summed E-state index contributed by atoms with van der Waals surface area (Å²) < 4.78 is 10.5. The molecule has 1 aromatic heterocycles. The maximum Gasteiger partial charge on any atom is 0.214 e. The van der Waals surface area contributed by atoms with Gasteiger partial charge >= 0.3 is 0 Å². The number of methoxy groups -OCH3 is 1. The number of para-hydroxylation sites is 1. The van der Waals surface area contributed by atoms with Crippen molar-refractivity contribution in [3.05, 3.63) is 35.6 Å². The number of carbonyl (C=O) groups is 1. The zero-order chi connectivity index (χ0) is 13.1. The summed E-state index contributed by atoms with van der Waals surface area (Å²) >= 11 is 0. The summed E-state index contributed by atoms with van der Waals surface area (Å²) in [6.45, 7) is 2.41. The molecule has 2 aromatic rings. The second-order valence-electron chi connectivity index (χ2n) is 4.36. The van der Waals surface area contributed by atoms with E-state index in [1.165, 1.54) is 0 Å². The summed E-state index contributed by atoms with van der Waals surface area (Å²) in [4.78, 5) is 12.1. The smallest absolute Gasteiger partial charge is 0.214 e. The highest BCUT2D eigenvalue weighted by atomic mass is 16.5. The van der Waals surface area contributed by atoms with Crippen molar-refractivity contribution in [3.8, 4) is 0 Å². The van der Waals surface area contributed by atoms with E-state index in [-0.39, 0.29) is 5.78 Å². The van der Waals surface area contributed by atoms with Crippen molar-refractivity contribution in [3.63, 3.8) is 0 Å². The Balaban J connectivity index is 2.25. The lowest BCUT2D eigenvalue weighted by Gasteiger charge is -2.07. The Bertz CT molecular complexity index is 559. The number of ketones is 1. The highest BCUT2D eigenvalue weighted by Crippen LogP contribution is 2.23. The summed E-state index contributed by atoms with van der Waals surface area (Å²) in [5.41, 5.74) is 7.57. The van der Waals surface area contributed by atoms with E-state index in [4.69, 9.17) is 14.9 Å². The molecule has 1 atom stereocenters. The maximum absolute atomic E-state index is 12.1. The van der Waals surface area contributed by atoms with Crippen molar-refractivity contribution >= 4 is 16.8 Å². The van der Waals surface area contributed by atoms with Gasteiger partial charge in [0, 0.05) is 19.1 Å². The Labute approximate surface area is 106 Å². The molecule has 1 heterocycles. The van der Waals surface area contributed by atoms with Gasteiger partial charge in [-0.25, -0.2) is 0 Å². The fourth-order valence-corrected chi connectivity index (χ4v) is 1.89. The molecule has 2 N–H and O–H groups in total. The molecule has 1 aromatic carbocycles. The van der Waals surface area contributed by atoms with Gasteiger partial charge < -0.3 is 14.9 Å². The monoisotopic (exact) mass is 247 g/mol. The minimum atomic E-state index is -0.578. The van der Waals surface area contributed by atoms with Crippen molar-refractivity contribution in [1.29, 1.82) is 0 Å². The lowest BCUT2D eigenvalue weighted by atomic mass is 10.1. The number of aryl methyl sites for hydroxylation is 1. The van der Waals surface area contributed by atoms with Crippen LogP contribution in [0.15, 0.2) is 28.7 Å². The summed E-state index contributed by atoms with van der Waals surface area (Å²) in [6.07, 6.45) is 0.491. The molecule has 18 heavy (non-hydrogen) atoms. The number of nitrogens with two attached hydrogens (primary N) is 1. The number of Topliss-reactive ketones (excluding diaryl/α,β-unsaturated/α-hetero) is 1. The van der Waals surface area contributed by atoms with Gasteiger partial charge in [-0.05, 0) is 25.0 Å². The number of carbonyl (C=O) groups excluding carboxylic acids is 1. The predicted molar refractivity (Wildman–Crippen MR) is 69.7 cm³/mol. The largest absolute Gasteiger partial charge is 0.453 e. The molecule has 0 aliphatic rings. The topological polar surface area (TPSA) is 65.5 Å². The SMILES string of the molecule is COCCC(N)C(=O)c1cc2cccc(C)c2o1. The molecular weight excluding hydrogens is 230 g/mol. The molecule has 0 spiro atoms. The number of benzene rings is 1. The van der Waals surface area contributed by atoms with Crippen molar-refractivity contribution in [2.45, 2.75) is 19.4 Å². The van der Waals surface area contributed by atoms with E-state index in [1.807, 2.05) is 25.1 Å². The first kappa shape index (κ1) is 12.8. The molecule has 4 nitrogen and oxygen atoms in total. The van der Waals surface area contributed by atoms with Crippen LogP contribution in [0.3, 0.4) is 0 Å². The zero-order valence-electron chi connectivity index (χ0n) is 10.6. The van der Waals surface area contributed by atoms with E-state index in [0.29, 0.717) is 18.8 Å². The van der Waals surface area contributed by atoms with Crippen LogP contribution < -0.4 is 5.73 Å². The van der Waals surface area contributed by atoms with Crippen LogP contribution in [0.5, 0.6) is 0 Å². The van der Waals surface area contributed by atoms with E-state index in [9.17, 15) is 4.79 Å². The van der Waals surface area contributed by atoms with E-state index < -0.39 is 6.04 Å². The number of ether oxygens (including phenoxy) is 1. The number of hydrogen-bond donors (Lipinski definition) is 1. The lowest BCUT2D eigenvalue weighted by molar-refractivity contribution is 0.0910. The highest BCUT2D eigenvalue weighted by Gasteiger charge is 2.19. The van der Waals surface area contributed by atoms with Gasteiger partial charge in [-0.2, -0.15) is 0 Å². The lowest BCUT2D eigenvalue weighted by Crippen LogP contribution is -2.31. The maximum atomic E-state index is 12.1. The van der Waals surface area contributed by atoms with Crippen LogP contribution in [0, 0.1) is 6.92 Å². The van der Waals surface area contributed by atoms with Gasteiger partial charge in [0.1, 0.15) is 5.58 Å². The predicted octanol–water partition coefficient (Wildman–Crippen LogP) is 2.29. The fraction of sp³-hybridized carbons (Fsp3) is 0.357. The normalized spacial score (nSPS) is 12.8. The van der Waals surface area contributed by atoms with Crippen LogP contribution >= 0.6 is 0 Å². The molecule has 1 unspecified atom stereocenters. The van der Waals surface area contributed by atoms with E-state index in [2.05, 4.69) is 0 Å². The van der Waals surface area contributed by atoms with Crippen LogP contribution in [-0.2, 0) is 4.74 Å². The third-order valence-corrected chi connectivity index (χ3v) is 2.95. The Hall–Kier alpha value is -1.65. The van der Waals surface area contributed by atoms with Gasteiger partial charge in [0.05, 0.1) is 6.04 Å². The molecule has 0 fully saturated rings. The van der Waals surface area contributed by atoms with Crippen LogP contribution in [-0.4, -0.2) is 25.5 Å². The Morgan fingerprint density at radius 2 is 2.28 bits per heavy atom. The van der Waals surface area contributed by atoms with Crippen molar-refractivity contribution in [2.75, 3.05) is 13.7 Å². The minimum absolute atomic E-state index is 0.178. The number of furan rings is 1. The van der Waals surface area contributed by atoms with Gasteiger partial charge in [-0.3, -0.25) is 4.79 Å². The van der Waals surface area contributed by atoms with Gasteiger partial charge in [-0.1, -0.05) is 18.2 Å². The van der Waals surface area contributed by atoms with Crippen LogP contribution in [0.25, 0.3) is 11.0 Å². The van der Waals surface area contributed by atoms with Crippen molar-refractivity contribution in [1.82, 2.24) is 0 Å². The van der Waals surface area contributed by atoms with Crippen molar-refractivity contribution < 1.29 is 13.9 Å². The zero-order valence-corrected chi connectivity index (χ0v) is 10.6. The standard InChI is InChI=1S/C14H17NO3/c1-9-4-3-5-10-8-12(18-14(9)10)13(16)11(15)6-7-17-2/h3-5,8,11H,6-7,15H2,1-2H3. The molecular formula is C14H17NO3. The second kappa shape index (κ2) is 5.33. The Morgan fingerprint density at radius 1 is 1.50 bits per heavy atom. The number of rotatable bonds is 5. The molecule has 2 rings (SSSR count). The molecule has 0 amide bonds. The summed E-state index contributed by atoms with van der Waals surface area (Å²) in [6, 6.07) is 6.98. The Morgan fingerprint density at radius 3 is 2.94 bits per heavy atom. The van der Waals surface area contributed by atoms with Gasteiger partial charge in [0.15, 0.2) is 5.76 Å². The van der Waals surface area contributed by atoms with Gasteiger partial charge in [-0.15, -0.1) is 0 Å². The number of hydrogen-bond acceptors (Lipinski definition) is 4. The first-order valence-electron chi connectivity index (χ1n) is 5.91. The average molecular weight is 247 g/mol. The summed E-state index contributed by atoms with van der Waals surface area (Å²) in [5, 5.41) is 0.928. The van der Waals surface area contributed by atoms with Gasteiger partial charge in [0.25, 0.3) is 0 Å².